The quantitative estimate of drug-likeness (QED) is 0.544. The summed E-state index contributed by atoms with van der Waals surface area (Å²) in [6.07, 6.45) is 2.49. The third-order valence-electron chi connectivity index (χ3n) is 3.68. The van der Waals surface area contributed by atoms with Crippen molar-refractivity contribution in [2.24, 2.45) is 16.6 Å². The van der Waals surface area contributed by atoms with Gasteiger partial charge in [-0.1, -0.05) is 0 Å². The second kappa shape index (κ2) is 6.21. The first-order valence-corrected chi connectivity index (χ1v) is 6.57. The lowest BCUT2D eigenvalue weighted by atomic mass is 9.97. The van der Waals surface area contributed by atoms with Crippen LogP contribution in [0, 0.1) is 5.92 Å². The Labute approximate surface area is 104 Å². The number of hydrogen-bond acceptors (Lipinski definition) is 3. The zero-order chi connectivity index (χ0) is 12.1. The molecule has 0 spiro atoms. The Kier molecular flexibility index (Phi) is 4.62. The second-order valence-corrected chi connectivity index (χ2v) is 5.04. The highest BCUT2D eigenvalue weighted by Crippen LogP contribution is 2.16. The van der Waals surface area contributed by atoms with Crippen LogP contribution in [0.2, 0.25) is 0 Å². The van der Waals surface area contributed by atoms with E-state index in [0.29, 0.717) is 11.9 Å². The largest absolute Gasteiger partial charge is 0.378 e. The van der Waals surface area contributed by atoms with Gasteiger partial charge in [-0.2, -0.15) is 0 Å². The molecule has 0 aromatic heterocycles. The summed E-state index contributed by atoms with van der Waals surface area (Å²) >= 11 is 0. The van der Waals surface area contributed by atoms with Crippen LogP contribution < -0.4 is 5.73 Å². The van der Waals surface area contributed by atoms with Crippen LogP contribution in [0.1, 0.15) is 12.8 Å². The molecule has 0 amide bonds. The molecule has 0 saturated carbocycles. The maximum absolute atomic E-state index is 6.00. The summed E-state index contributed by atoms with van der Waals surface area (Å²) in [6, 6.07) is 0. The van der Waals surface area contributed by atoms with Crippen molar-refractivity contribution in [3.05, 3.63) is 0 Å². The van der Waals surface area contributed by atoms with Gasteiger partial charge < -0.3 is 20.3 Å². The van der Waals surface area contributed by atoms with E-state index in [-0.39, 0.29) is 0 Å². The number of morpholine rings is 1. The molecule has 0 aromatic rings. The lowest BCUT2D eigenvalue weighted by Gasteiger charge is -2.30. The minimum atomic E-state index is 0.701. The zero-order valence-corrected chi connectivity index (χ0v) is 10.8. The van der Waals surface area contributed by atoms with Crippen LogP contribution >= 0.6 is 0 Å². The monoisotopic (exact) mass is 240 g/mol. The maximum Gasteiger partial charge on any atom is 0.191 e. The summed E-state index contributed by atoms with van der Waals surface area (Å²) in [5, 5.41) is 0. The topological polar surface area (TPSA) is 54.1 Å². The van der Waals surface area contributed by atoms with Crippen LogP contribution in [0.5, 0.6) is 0 Å². The highest BCUT2D eigenvalue weighted by Gasteiger charge is 2.17. The molecule has 0 radical (unpaired) electrons. The Morgan fingerprint density at radius 3 is 2.53 bits per heavy atom. The molecule has 2 rings (SSSR count). The van der Waals surface area contributed by atoms with E-state index in [2.05, 4.69) is 21.8 Å². The van der Waals surface area contributed by atoms with E-state index in [4.69, 9.17) is 10.5 Å². The minimum absolute atomic E-state index is 0.701. The summed E-state index contributed by atoms with van der Waals surface area (Å²) in [4.78, 5) is 9.05. The first-order valence-electron chi connectivity index (χ1n) is 6.57. The van der Waals surface area contributed by atoms with Crippen LogP contribution in [0.4, 0.5) is 0 Å². The predicted molar refractivity (Wildman–Crippen MR) is 69.1 cm³/mol. The van der Waals surface area contributed by atoms with Crippen molar-refractivity contribution < 1.29 is 4.74 Å². The second-order valence-electron chi connectivity index (χ2n) is 5.04. The van der Waals surface area contributed by atoms with Crippen molar-refractivity contribution in [3.8, 4) is 0 Å². The Bertz CT molecular complexity index is 255. The molecule has 2 saturated heterocycles. The van der Waals surface area contributed by atoms with Crippen molar-refractivity contribution in [3.63, 3.8) is 0 Å². The molecular formula is C12H24N4O. The van der Waals surface area contributed by atoms with Crippen LogP contribution in [-0.2, 0) is 4.74 Å². The fourth-order valence-corrected chi connectivity index (χ4v) is 2.36. The van der Waals surface area contributed by atoms with Gasteiger partial charge in [0.1, 0.15) is 0 Å². The molecule has 2 aliphatic rings. The lowest BCUT2D eigenvalue weighted by Crippen LogP contribution is -2.45. The number of nitrogens with zero attached hydrogens (tertiary/aromatic N) is 3. The van der Waals surface area contributed by atoms with Gasteiger partial charge in [-0.15, -0.1) is 0 Å². The number of hydrogen-bond donors (Lipinski definition) is 1. The molecule has 0 bridgehead atoms. The third kappa shape index (κ3) is 3.85. The molecular weight excluding hydrogens is 216 g/mol. The Morgan fingerprint density at radius 2 is 1.88 bits per heavy atom. The van der Waals surface area contributed by atoms with Gasteiger partial charge in [0.15, 0.2) is 5.96 Å². The number of rotatable bonds is 2. The fraction of sp³-hybridized carbons (Fsp3) is 0.917. The van der Waals surface area contributed by atoms with E-state index in [9.17, 15) is 0 Å². The molecule has 0 unspecified atom stereocenters. The summed E-state index contributed by atoms with van der Waals surface area (Å²) in [5.74, 6) is 1.41. The van der Waals surface area contributed by atoms with Crippen molar-refractivity contribution in [1.29, 1.82) is 0 Å². The van der Waals surface area contributed by atoms with Crippen molar-refractivity contribution in [1.82, 2.24) is 9.80 Å². The average Bonchev–Trinajstić information content (AvgIpc) is 2.39. The molecule has 2 aliphatic heterocycles. The highest BCUT2D eigenvalue weighted by molar-refractivity contribution is 5.78. The van der Waals surface area contributed by atoms with Crippen molar-refractivity contribution in [2.45, 2.75) is 12.8 Å². The number of nitrogens with two attached hydrogens (primary N) is 1. The first-order chi connectivity index (χ1) is 8.25. The Morgan fingerprint density at radius 1 is 1.24 bits per heavy atom. The van der Waals surface area contributed by atoms with Gasteiger partial charge in [-0.25, -0.2) is 0 Å². The van der Waals surface area contributed by atoms with Gasteiger partial charge in [-0.3, -0.25) is 4.99 Å². The summed E-state index contributed by atoms with van der Waals surface area (Å²) < 4.78 is 5.30. The predicted octanol–water partition coefficient (Wildman–Crippen LogP) is -0.0249. The maximum atomic E-state index is 6.00. The fourth-order valence-electron chi connectivity index (χ4n) is 2.36. The lowest BCUT2D eigenvalue weighted by molar-refractivity contribution is 0.0673. The molecule has 5 heteroatoms. The summed E-state index contributed by atoms with van der Waals surface area (Å²) in [7, 11) is 2.18. The van der Waals surface area contributed by atoms with E-state index in [1.165, 1.54) is 25.9 Å². The third-order valence-corrected chi connectivity index (χ3v) is 3.68. The summed E-state index contributed by atoms with van der Waals surface area (Å²) in [5.41, 5.74) is 6.00. The van der Waals surface area contributed by atoms with Gasteiger partial charge in [0.05, 0.1) is 13.2 Å². The molecule has 0 aliphatic carbocycles. The number of ether oxygens (including phenoxy) is 1. The Hall–Kier alpha value is -0.810. The van der Waals surface area contributed by atoms with E-state index in [1.54, 1.807) is 0 Å². The number of likely N-dealkylation sites (tertiary alicyclic amines) is 1. The van der Waals surface area contributed by atoms with Crippen molar-refractivity contribution in [2.75, 3.05) is 53.0 Å². The van der Waals surface area contributed by atoms with E-state index >= 15 is 0 Å². The number of piperidine rings is 1. The van der Waals surface area contributed by atoms with Gasteiger partial charge >= 0.3 is 0 Å². The molecule has 2 heterocycles. The summed E-state index contributed by atoms with van der Waals surface area (Å²) in [6.45, 7) is 6.56. The highest BCUT2D eigenvalue weighted by atomic mass is 16.5. The minimum Gasteiger partial charge on any atom is -0.378 e. The molecule has 2 fully saturated rings. The van der Waals surface area contributed by atoms with E-state index in [0.717, 1.165) is 32.8 Å². The first kappa shape index (κ1) is 12.6. The van der Waals surface area contributed by atoms with Gasteiger partial charge in [-0.05, 0) is 38.9 Å². The van der Waals surface area contributed by atoms with Crippen LogP contribution in [-0.4, -0.2) is 68.7 Å². The van der Waals surface area contributed by atoms with Crippen LogP contribution in [0.3, 0.4) is 0 Å². The Balaban J connectivity index is 1.75. The van der Waals surface area contributed by atoms with E-state index in [1.807, 2.05) is 0 Å². The molecule has 2 N–H and O–H groups in total. The number of aliphatic imine (C=N–C) groups is 1. The van der Waals surface area contributed by atoms with Crippen molar-refractivity contribution >= 4 is 5.96 Å². The van der Waals surface area contributed by atoms with Crippen LogP contribution in [0.25, 0.3) is 0 Å². The smallest absolute Gasteiger partial charge is 0.191 e. The van der Waals surface area contributed by atoms with Gasteiger partial charge in [0.2, 0.25) is 0 Å². The molecule has 17 heavy (non-hydrogen) atoms. The van der Waals surface area contributed by atoms with Gasteiger partial charge in [0, 0.05) is 19.6 Å². The van der Waals surface area contributed by atoms with Crippen LogP contribution in [0.15, 0.2) is 4.99 Å². The molecule has 0 aromatic carbocycles. The molecule has 0 atom stereocenters. The standard InChI is InChI=1S/C12H24N4O/c1-15-4-2-11(3-5-15)10-14-12(13)16-6-8-17-9-7-16/h11H,2-10H2,1H3,(H2,13,14). The molecule has 98 valence electrons. The average molecular weight is 240 g/mol. The van der Waals surface area contributed by atoms with Gasteiger partial charge in [0.25, 0.3) is 0 Å². The normalized spacial score (nSPS) is 25.2. The molecule has 5 nitrogen and oxygen atoms in total. The SMILES string of the molecule is CN1CCC(CN=C(N)N2CCOCC2)CC1. The van der Waals surface area contributed by atoms with E-state index < -0.39 is 0 Å². The number of guanidine groups is 1. The zero-order valence-electron chi connectivity index (χ0n) is 10.8.